The molecular weight excluding hydrogens is 324 g/mol. The number of hydrogen-bond acceptors (Lipinski definition) is 0. The van der Waals surface area contributed by atoms with Crippen molar-refractivity contribution in [3.63, 3.8) is 0 Å². The van der Waals surface area contributed by atoms with Crippen molar-refractivity contribution in [2.45, 2.75) is 6.92 Å². The zero-order chi connectivity index (χ0) is 19.4. The van der Waals surface area contributed by atoms with Crippen molar-refractivity contribution >= 4 is 27.1 Å². The highest BCUT2D eigenvalue weighted by molar-refractivity contribution is 6.04. The molecule has 0 spiro atoms. The summed E-state index contributed by atoms with van der Waals surface area (Å²) in [6.07, 6.45) is 9.47. The Labute approximate surface area is 161 Å². The highest BCUT2D eigenvalue weighted by Crippen LogP contribution is 2.32. The molecule has 3 aromatic carbocycles. The number of benzene rings is 3. The average Bonchev–Trinajstić information content (AvgIpc) is 2.68. The van der Waals surface area contributed by atoms with Gasteiger partial charge >= 0.3 is 0 Å². The molecule has 27 heavy (non-hydrogen) atoms. The zero-order valence-electron chi connectivity index (χ0n) is 15.8. The van der Waals surface area contributed by atoms with Gasteiger partial charge < -0.3 is 0 Å². The van der Waals surface area contributed by atoms with E-state index in [0.29, 0.717) is 0 Å². The average molecular weight is 348 g/mol. The molecule has 0 heterocycles. The lowest BCUT2D eigenvalue weighted by Crippen LogP contribution is -1.90. The van der Waals surface area contributed by atoms with Gasteiger partial charge in [0.05, 0.1) is 0 Å². The molecule has 0 saturated heterocycles. The lowest BCUT2D eigenvalue weighted by molar-refractivity contribution is 1.47. The van der Waals surface area contributed by atoms with Crippen LogP contribution in [-0.2, 0) is 0 Å². The van der Waals surface area contributed by atoms with E-state index >= 15 is 0 Å². The maximum atomic E-state index is 4.32. The van der Waals surface area contributed by atoms with Gasteiger partial charge in [0, 0.05) is 0 Å². The maximum absolute atomic E-state index is 4.32. The smallest absolute Gasteiger partial charge is 0.00818 e. The van der Waals surface area contributed by atoms with Gasteiger partial charge in [0.15, 0.2) is 0 Å². The first-order chi connectivity index (χ1) is 13.0. The lowest BCUT2D eigenvalue weighted by atomic mass is 9.92. The highest BCUT2D eigenvalue weighted by atomic mass is 14.1. The van der Waals surface area contributed by atoms with Gasteiger partial charge in [-0.2, -0.15) is 0 Å². The van der Waals surface area contributed by atoms with E-state index in [9.17, 15) is 0 Å². The third-order valence-electron chi connectivity index (χ3n) is 4.75. The second-order valence-electron chi connectivity index (χ2n) is 6.68. The highest BCUT2D eigenvalue weighted by Gasteiger charge is 2.08. The summed E-state index contributed by atoms with van der Waals surface area (Å²) in [4.78, 5) is 0. The molecule has 0 N–H and O–H groups in total. The minimum Gasteiger partial charge on any atom is -0.0991 e. The first-order valence-corrected chi connectivity index (χ1v) is 8.98. The van der Waals surface area contributed by atoms with Crippen molar-refractivity contribution in [3.8, 4) is 0 Å². The molecule has 0 aliphatic rings. The maximum Gasteiger partial charge on any atom is -0.00818 e. The Bertz CT molecular complexity index is 1130. The van der Waals surface area contributed by atoms with E-state index in [1.165, 1.54) is 32.7 Å². The van der Waals surface area contributed by atoms with Crippen LogP contribution in [0.4, 0.5) is 0 Å². The summed E-state index contributed by atoms with van der Waals surface area (Å²) in [7, 11) is 0. The van der Waals surface area contributed by atoms with E-state index in [0.717, 1.165) is 16.7 Å². The van der Waals surface area contributed by atoms with Gasteiger partial charge in [-0.25, -0.2) is 0 Å². The van der Waals surface area contributed by atoms with Gasteiger partial charge in [-0.3, -0.25) is 0 Å². The predicted octanol–water partition coefficient (Wildman–Crippen LogP) is 7.73. The van der Waals surface area contributed by atoms with Crippen molar-refractivity contribution in [2.24, 2.45) is 0 Å². The van der Waals surface area contributed by atoms with Gasteiger partial charge in [-0.15, -0.1) is 0 Å². The quantitative estimate of drug-likeness (QED) is 0.316. The molecular formula is C27H24. The number of hydrogen-bond donors (Lipinski definition) is 0. The number of allylic oxidation sites excluding steroid dienone is 8. The summed E-state index contributed by atoms with van der Waals surface area (Å²) in [5.74, 6) is 0. The van der Waals surface area contributed by atoms with Crippen LogP contribution in [-0.4, -0.2) is 0 Å². The van der Waals surface area contributed by atoms with Gasteiger partial charge in [0.2, 0.25) is 0 Å². The molecule has 0 aliphatic carbocycles. The third kappa shape index (κ3) is 3.91. The summed E-state index contributed by atoms with van der Waals surface area (Å²) in [6, 6.07) is 17.3. The van der Waals surface area contributed by atoms with E-state index in [2.05, 4.69) is 81.8 Å². The van der Waals surface area contributed by atoms with E-state index in [-0.39, 0.29) is 0 Å². The van der Waals surface area contributed by atoms with E-state index in [1.54, 1.807) is 6.08 Å². The largest absolute Gasteiger partial charge is 0.0991 e. The first kappa shape index (κ1) is 18.4. The molecule has 0 radical (unpaired) electrons. The molecule has 132 valence electrons. The van der Waals surface area contributed by atoms with Crippen molar-refractivity contribution in [1.82, 2.24) is 0 Å². The van der Waals surface area contributed by atoms with Crippen LogP contribution >= 0.6 is 0 Å². The molecule has 3 rings (SSSR count). The molecule has 0 bridgehead atoms. The molecule has 0 unspecified atom stereocenters. The van der Waals surface area contributed by atoms with E-state index in [4.69, 9.17) is 0 Å². The molecule has 0 aromatic heterocycles. The molecule has 0 nitrogen and oxygen atoms in total. The Morgan fingerprint density at radius 2 is 1.44 bits per heavy atom. The Kier molecular flexibility index (Phi) is 5.38. The Balaban J connectivity index is 2.02. The van der Waals surface area contributed by atoms with Gasteiger partial charge in [-0.1, -0.05) is 93.1 Å². The Morgan fingerprint density at radius 3 is 2.15 bits per heavy atom. The van der Waals surface area contributed by atoms with Gasteiger partial charge in [0.25, 0.3) is 0 Å². The Morgan fingerprint density at radius 1 is 0.778 bits per heavy atom. The number of fused-ring (bicyclic) bond motifs is 2. The molecule has 0 amide bonds. The minimum absolute atomic E-state index is 0.859. The number of rotatable bonds is 6. The standard InChI is InChI=1S/C27H24/c1-6-7-10-19(2)20(3)13-14-21(4)27-22(5)15-16-25-17-23-11-8-9-12-24(23)18-26(25)27/h6-18H,1-4H2,5H3/b10-7-,14-13-. The van der Waals surface area contributed by atoms with E-state index in [1.807, 2.05) is 24.3 Å². The SMILES string of the molecule is C=C/C=C\C(=C)C(=C)/C=C\C(=C)c1c(C)ccc2cc3ccccc3cc12. The second kappa shape index (κ2) is 7.88. The Hall–Kier alpha value is -3.38. The first-order valence-electron chi connectivity index (χ1n) is 8.98. The van der Waals surface area contributed by atoms with Crippen LogP contribution in [0, 0.1) is 6.92 Å². The van der Waals surface area contributed by atoms with Crippen LogP contribution in [0.2, 0.25) is 0 Å². The minimum atomic E-state index is 0.859. The van der Waals surface area contributed by atoms with Crippen LogP contribution in [0.5, 0.6) is 0 Å². The van der Waals surface area contributed by atoms with Crippen LogP contribution < -0.4 is 0 Å². The summed E-state index contributed by atoms with van der Waals surface area (Å²) in [5, 5.41) is 4.93. The third-order valence-corrected chi connectivity index (χ3v) is 4.75. The monoisotopic (exact) mass is 348 g/mol. The summed E-state index contributed by atoms with van der Waals surface area (Å²) < 4.78 is 0. The fourth-order valence-corrected chi connectivity index (χ4v) is 3.23. The number of aryl methyl sites for hydroxylation is 1. The van der Waals surface area contributed by atoms with Gasteiger partial charge in [-0.05, 0) is 68.4 Å². The van der Waals surface area contributed by atoms with Crippen molar-refractivity contribution in [1.29, 1.82) is 0 Å². The van der Waals surface area contributed by atoms with Crippen LogP contribution in [0.15, 0.2) is 116 Å². The fourth-order valence-electron chi connectivity index (χ4n) is 3.23. The zero-order valence-corrected chi connectivity index (χ0v) is 15.8. The van der Waals surface area contributed by atoms with Crippen LogP contribution in [0.25, 0.3) is 27.1 Å². The second-order valence-corrected chi connectivity index (χ2v) is 6.68. The molecule has 0 atom stereocenters. The van der Waals surface area contributed by atoms with Crippen LogP contribution in [0.1, 0.15) is 11.1 Å². The lowest BCUT2D eigenvalue weighted by Gasteiger charge is -2.12. The van der Waals surface area contributed by atoms with Crippen LogP contribution in [0.3, 0.4) is 0 Å². The topological polar surface area (TPSA) is 0 Å². The fraction of sp³-hybridized carbons (Fsp3) is 0.0370. The molecule has 0 aliphatic heterocycles. The molecule has 3 aromatic rings. The summed E-state index contributed by atoms with van der Waals surface area (Å²) in [5.41, 5.74) is 5.07. The van der Waals surface area contributed by atoms with E-state index < -0.39 is 0 Å². The summed E-state index contributed by atoms with van der Waals surface area (Å²) >= 11 is 0. The van der Waals surface area contributed by atoms with Crippen molar-refractivity contribution in [3.05, 3.63) is 127 Å². The molecule has 0 heteroatoms. The molecule has 0 saturated carbocycles. The van der Waals surface area contributed by atoms with Gasteiger partial charge in [0.1, 0.15) is 0 Å². The van der Waals surface area contributed by atoms with Crippen molar-refractivity contribution in [2.75, 3.05) is 0 Å². The normalized spacial score (nSPS) is 11.4. The van der Waals surface area contributed by atoms with Crippen molar-refractivity contribution < 1.29 is 0 Å². The molecule has 0 fully saturated rings. The predicted molar refractivity (Wildman–Crippen MR) is 122 cm³/mol. The summed E-state index contributed by atoms with van der Waals surface area (Å²) in [6.45, 7) is 18.2.